The molecule has 0 spiro atoms. The topological polar surface area (TPSA) is 136 Å². The number of nitrogens with one attached hydrogen (secondary N) is 2. The summed E-state index contributed by atoms with van der Waals surface area (Å²) in [4.78, 5) is 29.1. The van der Waals surface area contributed by atoms with Gasteiger partial charge in [0.15, 0.2) is 0 Å². The van der Waals surface area contributed by atoms with Gasteiger partial charge in [0.2, 0.25) is 11.6 Å². The van der Waals surface area contributed by atoms with E-state index in [9.17, 15) is 20.2 Å². The second-order valence-corrected chi connectivity index (χ2v) is 6.27. The van der Waals surface area contributed by atoms with E-state index < -0.39 is 15.5 Å². The van der Waals surface area contributed by atoms with Gasteiger partial charge >= 0.3 is 5.69 Å². The van der Waals surface area contributed by atoms with Crippen molar-refractivity contribution in [3.8, 4) is 0 Å². The Hall–Kier alpha value is -3.50. The van der Waals surface area contributed by atoms with Crippen molar-refractivity contribution in [3.05, 3.63) is 79.1 Å². The number of nitro groups is 2. The average molecular weight is 421 g/mol. The summed E-state index contributed by atoms with van der Waals surface area (Å²) in [6.07, 6.45) is 1.11. The summed E-state index contributed by atoms with van der Waals surface area (Å²) in [6.45, 7) is 0. The third-order valence-corrected chi connectivity index (χ3v) is 3.89. The van der Waals surface area contributed by atoms with E-state index in [4.69, 9.17) is 23.2 Å². The molecule has 0 aliphatic carbocycles. The Morgan fingerprint density at radius 2 is 1.43 bits per heavy atom. The minimum absolute atomic E-state index is 0.105. The van der Waals surface area contributed by atoms with Crippen LogP contribution >= 0.6 is 23.2 Å². The van der Waals surface area contributed by atoms with Crippen LogP contribution in [0.3, 0.4) is 0 Å². The highest BCUT2D eigenvalue weighted by molar-refractivity contribution is 6.35. The lowest BCUT2D eigenvalue weighted by atomic mass is 10.2. The molecule has 0 saturated carbocycles. The predicted molar refractivity (Wildman–Crippen MR) is 105 cm³/mol. The molecule has 0 bridgehead atoms. The number of nitrogens with zero attached hydrogens (tertiary/aromatic N) is 4. The molecule has 0 radical (unpaired) electrons. The van der Waals surface area contributed by atoms with Crippen LogP contribution in [0.15, 0.2) is 48.8 Å². The van der Waals surface area contributed by atoms with E-state index in [1.54, 1.807) is 0 Å². The van der Waals surface area contributed by atoms with Gasteiger partial charge in [0.1, 0.15) is 6.33 Å². The van der Waals surface area contributed by atoms with Crippen LogP contribution in [0.1, 0.15) is 0 Å². The molecule has 28 heavy (non-hydrogen) atoms. The highest BCUT2D eigenvalue weighted by atomic mass is 35.5. The van der Waals surface area contributed by atoms with Crippen LogP contribution in [0.5, 0.6) is 0 Å². The second kappa shape index (κ2) is 8.03. The van der Waals surface area contributed by atoms with Gasteiger partial charge in [-0.1, -0.05) is 29.3 Å². The van der Waals surface area contributed by atoms with Crippen LogP contribution in [-0.2, 0) is 0 Å². The molecule has 3 rings (SSSR count). The molecule has 142 valence electrons. The molecule has 0 aliphatic heterocycles. The molecule has 1 heterocycles. The third kappa shape index (κ3) is 4.42. The van der Waals surface area contributed by atoms with Crippen LogP contribution in [0.25, 0.3) is 0 Å². The number of hydrogen-bond acceptors (Lipinski definition) is 8. The first-order chi connectivity index (χ1) is 13.3. The van der Waals surface area contributed by atoms with E-state index in [2.05, 4.69) is 20.6 Å². The van der Waals surface area contributed by atoms with E-state index in [1.807, 2.05) is 0 Å². The molecule has 0 amide bonds. The zero-order valence-electron chi connectivity index (χ0n) is 13.8. The summed E-state index contributed by atoms with van der Waals surface area (Å²) < 4.78 is 0. The molecule has 3 aromatic rings. The van der Waals surface area contributed by atoms with Crippen LogP contribution in [-0.4, -0.2) is 19.8 Å². The molecule has 12 heteroatoms. The highest BCUT2D eigenvalue weighted by Gasteiger charge is 2.24. The molecular formula is C16H10Cl2N6O4. The number of benzene rings is 2. The van der Waals surface area contributed by atoms with Gasteiger partial charge in [0, 0.05) is 33.6 Å². The van der Waals surface area contributed by atoms with E-state index in [0.29, 0.717) is 15.7 Å². The Labute approximate surface area is 167 Å². The fraction of sp³-hybridized carbons (Fsp3) is 0. The Morgan fingerprint density at radius 1 is 0.821 bits per heavy atom. The number of rotatable bonds is 6. The van der Waals surface area contributed by atoms with Gasteiger partial charge in [-0.3, -0.25) is 20.2 Å². The van der Waals surface area contributed by atoms with Crippen molar-refractivity contribution in [2.75, 3.05) is 10.6 Å². The summed E-state index contributed by atoms with van der Waals surface area (Å²) in [5.41, 5.74) is 0.0204. The monoisotopic (exact) mass is 420 g/mol. The lowest BCUT2D eigenvalue weighted by molar-refractivity contribution is -0.384. The van der Waals surface area contributed by atoms with Gasteiger partial charge in [-0.05, 0) is 24.3 Å². The maximum Gasteiger partial charge on any atom is 0.353 e. The molecule has 0 atom stereocenters. The van der Waals surface area contributed by atoms with Crippen molar-refractivity contribution >= 4 is 57.6 Å². The summed E-state index contributed by atoms with van der Waals surface area (Å²) in [5.74, 6) is -0.248. The lowest BCUT2D eigenvalue weighted by Gasteiger charge is -2.10. The first-order valence-corrected chi connectivity index (χ1v) is 8.33. The molecule has 0 saturated heterocycles. The first-order valence-electron chi connectivity index (χ1n) is 7.57. The van der Waals surface area contributed by atoms with Crippen LogP contribution in [0.2, 0.25) is 10.0 Å². The smallest absolute Gasteiger partial charge is 0.334 e. The van der Waals surface area contributed by atoms with Crippen molar-refractivity contribution < 1.29 is 9.85 Å². The third-order valence-electron chi connectivity index (χ3n) is 3.45. The minimum Gasteiger partial charge on any atom is -0.334 e. The maximum absolute atomic E-state index is 11.6. The SMILES string of the molecule is O=[N+]([O-])c1cccc(Nc2ncnc(Nc3cc(Cl)cc(Cl)c3)c2[N+](=O)[O-])c1. The standard InChI is InChI=1S/C16H10Cl2N6O4/c17-9-4-10(18)6-12(5-9)22-16-14(24(27)28)15(19-8-20-16)21-11-2-1-3-13(7-11)23(25)26/h1-8H,(H2,19,20,21,22). The molecule has 1 aromatic heterocycles. The first kappa shape index (κ1) is 19.3. The van der Waals surface area contributed by atoms with Gasteiger partial charge in [-0.15, -0.1) is 0 Å². The molecule has 0 aliphatic rings. The second-order valence-electron chi connectivity index (χ2n) is 5.39. The van der Waals surface area contributed by atoms with Crippen molar-refractivity contribution in [3.63, 3.8) is 0 Å². The minimum atomic E-state index is -0.672. The fourth-order valence-electron chi connectivity index (χ4n) is 2.33. The van der Waals surface area contributed by atoms with Crippen molar-refractivity contribution in [1.82, 2.24) is 9.97 Å². The summed E-state index contributed by atoms with van der Waals surface area (Å²) in [6, 6.07) is 10.0. The van der Waals surface area contributed by atoms with E-state index in [1.165, 1.54) is 42.5 Å². The molecule has 2 N–H and O–H groups in total. The van der Waals surface area contributed by atoms with Gasteiger partial charge in [0.25, 0.3) is 5.69 Å². The quantitative estimate of drug-likeness (QED) is 0.415. The van der Waals surface area contributed by atoms with Crippen LogP contribution in [0, 0.1) is 20.2 Å². The van der Waals surface area contributed by atoms with Gasteiger partial charge in [0.05, 0.1) is 9.85 Å². The largest absolute Gasteiger partial charge is 0.353 e. The highest BCUT2D eigenvalue weighted by Crippen LogP contribution is 2.34. The normalized spacial score (nSPS) is 10.4. The van der Waals surface area contributed by atoms with E-state index in [0.717, 1.165) is 6.33 Å². The van der Waals surface area contributed by atoms with Crippen LogP contribution < -0.4 is 10.6 Å². The average Bonchev–Trinajstić information content (AvgIpc) is 2.61. The van der Waals surface area contributed by atoms with E-state index >= 15 is 0 Å². The molecule has 0 fully saturated rings. The molecule has 10 nitrogen and oxygen atoms in total. The summed E-state index contributed by atoms with van der Waals surface area (Å²) in [5, 5.41) is 28.7. The van der Waals surface area contributed by atoms with Crippen molar-refractivity contribution in [1.29, 1.82) is 0 Å². The number of halogens is 2. The molecule has 0 unspecified atom stereocenters. The Kier molecular flexibility index (Phi) is 5.52. The van der Waals surface area contributed by atoms with Gasteiger partial charge in [-0.2, -0.15) is 0 Å². The summed E-state index contributed by atoms with van der Waals surface area (Å²) >= 11 is 11.9. The number of anilines is 4. The summed E-state index contributed by atoms with van der Waals surface area (Å²) in [7, 11) is 0. The van der Waals surface area contributed by atoms with E-state index in [-0.39, 0.29) is 23.0 Å². The zero-order chi connectivity index (χ0) is 20.3. The number of aromatic nitrogens is 2. The van der Waals surface area contributed by atoms with Gasteiger partial charge < -0.3 is 10.6 Å². The Balaban J connectivity index is 1.99. The number of nitro benzene ring substituents is 1. The molecule has 2 aromatic carbocycles. The predicted octanol–water partition coefficient (Wildman–Crippen LogP) is 5.09. The number of non-ortho nitro benzene ring substituents is 1. The molecular weight excluding hydrogens is 411 g/mol. The maximum atomic E-state index is 11.6. The van der Waals surface area contributed by atoms with Gasteiger partial charge in [-0.25, -0.2) is 9.97 Å². The van der Waals surface area contributed by atoms with Crippen molar-refractivity contribution in [2.45, 2.75) is 0 Å². The van der Waals surface area contributed by atoms with Crippen LogP contribution in [0.4, 0.5) is 34.4 Å². The lowest BCUT2D eigenvalue weighted by Crippen LogP contribution is -2.05. The Bertz CT molecular complexity index is 1060. The Morgan fingerprint density at radius 3 is 2.00 bits per heavy atom. The zero-order valence-corrected chi connectivity index (χ0v) is 15.3. The number of hydrogen-bond donors (Lipinski definition) is 2. The fourth-order valence-corrected chi connectivity index (χ4v) is 2.86. The van der Waals surface area contributed by atoms with Crippen molar-refractivity contribution in [2.24, 2.45) is 0 Å².